The molecule has 0 spiro atoms. The molecule has 3 nitrogen and oxygen atoms in total. The van der Waals surface area contributed by atoms with Crippen molar-refractivity contribution in [2.75, 3.05) is 13.1 Å². The van der Waals surface area contributed by atoms with E-state index in [4.69, 9.17) is 5.73 Å². The Labute approximate surface area is 47.6 Å². The van der Waals surface area contributed by atoms with Crippen LogP contribution in [-0.2, 0) is 4.79 Å². The average Bonchev–Trinajstić information content (AvgIpc) is 2.14. The molecule has 0 saturated heterocycles. The van der Waals surface area contributed by atoms with Gasteiger partial charge in [0.2, 0.25) is 5.91 Å². The predicted molar refractivity (Wildman–Crippen MR) is 30.1 cm³/mol. The van der Waals surface area contributed by atoms with E-state index < -0.39 is 0 Å². The average molecular weight is 112 g/mol. The zero-order valence-electron chi connectivity index (χ0n) is 4.48. The first-order chi connectivity index (χ1) is 3.83. The van der Waals surface area contributed by atoms with Gasteiger partial charge in [0, 0.05) is 19.2 Å². The van der Waals surface area contributed by atoms with Crippen molar-refractivity contribution in [1.29, 1.82) is 0 Å². The molecule has 0 aromatic carbocycles. The lowest BCUT2D eigenvalue weighted by atomic mass is 10.3. The van der Waals surface area contributed by atoms with Crippen molar-refractivity contribution in [2.24, 2.45) is 5.73 Å². The molecule has 8 heavy (non-hydrogen) atoms. The molecule has 0 fully saturated rings. The maximum Gasteiger partial charge on any atom is 0.244 e. The summed E-state index contributed by atoms with van der Waals surface area (Å²) in [6, 6.07) is 0. The van der Waals surface area contributed by atoms with E-state index in [2.05, 4.69) is 5.32 Å². The molecule has 1 rings (SSSR count). The van der Waals surface area contributed by atoms with Crippen LogP contribution in [0.3, 0.4) is 0 Å². The summed E-state index contributed by atoms with van der Waals surface area (Å²) < 4.78 is 0. The first-order valence-electron chi connectivity index (χ1n) is 2.50. The molecule has 1 amide bonds. The SMILES string of the molecule is NCC1=CC(=O)NC1. The molecule has 0 radical (unpaired) electrons. The van der Waals surface area contributed by atoms with Gasteiger partial charge in [-0.1, -0.05) is 0 Å². The quantitative estimate of drug-likeness (QED) is 0.457. The minimum atomic E-state index is -0.0227. The predicted octanol–water partition coefficient (Wildman–Crippen LogP) is -0.999. The molecule has 0 aliphatic carbocycles. The number of nitrogens with two attached hydrogens (primary N) is 1. The van der Waals surface area contributed by atoms with Gasteiger partial charge in [0.25, 0.3) is 0 Å². The molecule has 0 saturated carbocycles. The Morgan fingerprint density at radius 2 is 2.62 bits per heavy atom. The summed E-state index contributed by atoms with van der Waals surface area (Å²) in [5.41, 5.74) is 6.22. The number of hydrogen-bond donors (Lipinski definition) is 2. The van der Waals surface area contributed by atoms with E-state index in [0.717, 1.165) is 5.57 Å². The van der Waals surface area contributed by atoms with Crippen molar-refractivity contribution < 1.29 is 4.79 Å². The van der Waals surface area contributed by atoms with Crippen LogP contribution in [0.25, 0.3) is 0 Å². The Kier molecular flexibility index (Phi) is 1.30. The van der Waals surface area contributed by atoms with E-state index >= 15 is 0 Å². The van der Waals surface area contributed by atoms with Gasteiger partial charge in [0.1, 0.15) is 0 Å². The van der Waals surface area contributed by atoms with Gasteiger partial charge in [-0.3, -0.25) is 4.79 Å². The molecule has 44 valence electrons. The molecule has 3 N–H and O–H groups in total. The normalized spacial score (nSPS) is 18.1. The number of nitrogens with one attached hydrogen (secondary N) is 1. The standard InChI is InChI=1S/C5H8N2O/c6-2-4-1-5(8)7-3-4/h1H,2-3,6H2,(H,7,8). The van der Waals surface area contributed by atoms with E-state index in [1.807, 2.05) is 0 Å². The lowest BCUT2D eigenvalue weighted by Gasteiger charge is -1.90. The Morgan fingerprint density at radius 3 is 2.88 bits per heavy atom. The highest BCUT2D eigenvalue weighted by atomic mass is 16.1. The second-order valence-corrected chi connectivity index (χ2v) is 1.72. The third kappa shape index (κ3) is 0.869. The fourth-order valence-electron chi connectivity index (χ4n) is 0.619. The molecule has 1 heterocycles. The van der Waals surface area contributed by atoms with Gasteiger partial charge < -0.3 is 11.1 Å². The summed E-state index contributed by atoms with van der Waals surface area (Å²) in [6.07, 6.45) is 1.54. The first kappa shape index (κ1) is 5.31. The van der Waals surface area contributed by atoms with Crippen LogP contribution in [-0.4, -0.2) is 19.0 Å². The van der Waals surface area contributed by atoms with Gasteiger partial charge in [0.15, 0.2) is 0 Å². The van der Waals surface area contributed by atoms with Crippen molar-refractivity contribution >= 4 is 5.91 Å². The molecule has 0 aromatic rings. The summed E-state index contributed by atoms with van der Waals surface area (Å²) in [5, 5.41) is 2.61. The van der Waals surface area contributed by atoms with Gasteiger partial charge >= 0.3 is 0 Å². The monoisotopic (exact) mass is 112 g/mol. The maximum absolute atomic E-state index is 10.4. The van der Waals surface area contributed by atoms with E-state index in [-0.39, 0.29) is 5.91 Å². The summed E-state index contributed by atoms with van der Waals surface area (Å²) in [5.74, 6) is -0.0227. The Balaban J connectivity index is 2.57. The smallest absolute Gasteiger partial charge is 0.244 e. The van der Waals surface area contributed by atoms with Crippen LogP contribution in [0.15, 0.2) is 11.6 Å². The van der Waals surface area contributed by atoms with Crippen molar-refractivity contribution in [3.8, 4) is 0 Å². The van der Waals surface area contributed by atoms with E-state index in [1.165, 1.54) is 0 Å². The van der Waals surface area contributed by atoms with Gasteiger partial charge in [-0.25, -0.2) is 0 Å². The summed E-state index contributed by atoms with van der Waals surface area (Å²) in [7, 11) is 0. The number of carbonyl (C=O) groups is 1. The molecular formula is C5H8N2O. The molecule has 0 aromatic heterocycles. The first-order valence-corrected chi connectivity index (χ1v) is 2.50. The lowest BCUT2D eigenvalue weighted by molar-refractivity contribution is -0.115. The molecule has 3 heteroatoms. The van der Waals surface area contributed by atoms with Crippen molar-refractivity contribution in [3.05, 3.63) is 11.6 Å². The molecule has 0 unspecified atom stereocenters. The number of carbonyl (C=O) groups excluding carboxylic acids is 1. The van der Waals surface area contributed by atoms with Crippen LogP contribution >= 0.6 is 0 Å². The highest BCUT2D eigenvalue weighted by Crippen LogP contribution is 1.94. The summed E-state index contributed by atoms with van der Waals surface area (Å²) in [6.45, 7) is 1.12. The molecular weight excluding hydrogens is 104 g/mol. The molecule has 1 aliphatic rings. The van der Waals surface area contributed by atoms with Crippen LogP contribution in [0.2, 0.25) is 0 Å². The second-order valence-electron chi connectivity index (χ2n) is 1.72. The van der Waals surface area contributed by atoms with Crippen molar-refractivity contribution in [2.45, 2.75) is 0 Å². The highest BCUT2D eigenvalue weighted by molar-refractivity contribution is 5.91. The number of rotatable bonds is 1. The Hall–Kier alpha value is -0.830. The topological polar surface area (TPSA) is 55.1 Å². The van der Waals surface area contributed by atoms with E-state index in [0.29, 0.717) is 13.1 Å². The van der Waals surface area contributed by atoms with Gasteiger partial charge in [-0.2, -0.15) is 0 Å². The Morgan fingerprint density at radius 1 is 1.88 bits per heavy atom. The van der Waals surface area contributed by atoms with Crippen molar-refractivity contribution in [3.63, 3.8) is 0 Å². The summed E-state index contributed by atoms with van der Waals surface area (Å²) >= 11 is 0. The fraction of sp³-hybridized carbons (Fsp3) is 0.400. The fourth-order valence-corrected chi connectivity index (χ4v) is 0.619. The zero-order valence-corrected chi connectivity index (χ0v) is 4.48. The largest absolute Gasteiger partial charge is 0.349 e. The van der Waals surface area contributed by atoms with Gasteiger partial charge in [0.05, 0.1) is 0 Å². The minimum Gasteiger partial charge on any atom is -0.349 e. The van der Waals surface area contributed by atoms with Crippen LogP contribution in [0, 0.1) is 0 Å². The second kappa shape index (κ2) is 1.96. The maximum atomic E-state index is 10.4. The number of amides is 1. The van der Waals surface area contributed by atoms with Crippen LogP contribution in [0.4, 0.5) is 0 Å². The molecule has 0 bridgehead atoms. The highest BCUT2D eigenvalue weighted by Gasteiger charge is 2.06. The number of hydrogen-bond acceptors (Lipinski definition) is 2. The van der Waals surface area contributed by atoms with Crippen LogP contribution in [0.1, 0.15) is 0 Å². The van der Waals surface area contributed by atoms with Crippen molar-refractivity contribution in [1.82, 2.24) is 5.32 Å². The minimum absolute atomic E-state index is 0.0227. The van der Waals surface area contributed by atoms with Gasteiger partial charge in [-0.15, -0.1) is 0 Å². The van der Waals surface area contributed by atoms with Gasteiger partial charge in [-0.05, 0) is 5.57 Å². The molecule has 0 atom stereocenters. The van der Waals surface area contributed by atoms with E-state index in [1.54, 1.807) is 6.08 Å². The lowest BCUT2D eigenvalue weighted by Crippen LogP contribution is -2.16. The third-order valence-electron chi connectivity index (χ3n) is 1.09. The summed E-state index contributed by atoms with van der Waals surface area (Å²) in [4.78, 5) is 10.4. The van der Waals surface area contributed by atoms with Crippen LogP contribution < -0.4 is 11.1 Å². The van der Waals surface area contributed by atoms with Crippen LogP contribution in [0.5, 0.6) is 0 Å². The Bertz CT molecular complexity index is 139. The van der Waals surface area contributed by atoms with E-state index in [9.17, 15) is 4.79 Å². The zero-order chi connectivity index (χ0) is 5.98. The third-order valence-corrected chi connectivity index (χ3v) is 1.09. The molecule has 1 aliphatic heterocycles.